The van der Waals surface area contributed by atoms with Gasteiger partial charge in [0.05, 0.1) is 16.1 Å². The van der Waals surface area contributed by atoms with E-state index < -0.39 is 0 Å². The first kappa shape index (κ1) is 19.2. The molecule has 31 heavy (non-hydrogen) atoms. The third kappa shape index (κ3) is 3.85. The summed E-state index contributed by atoms with van der Waals surface area (Å²) in [6, 6.07) is 25.6. The average Bonchev–Trinajstić information content (AvgIpc) is 3.49. The van der Waals surface area contributed by atoms with Gasteiger partial charge >= 0.3 is 0 Å². The molecule has 0 saturated carbocycles. The lowest BCUT2D eigenvalue weighted by Gasteiger charge is -2.16. The Bertz CT molecular complexity index is 1340. The molecule has 0 N–H and O–H groups in total. The van der Waals surface area contributed by atoms with Gasteiger partial charge < -0.3 is 4.90 Å². The summed E-state index contributed by atoms with van der Waals surface area (Å²) in [7, 11) is 1.80. The van der Waals surface area contributed by atoms with Crippen LogP contribution >= 0.6 is 11.3 Å². The molecular weight excluding hydrogens is 404 g/mol. The fourth-order valence-electron chi connectivity index (χ4n) is 3.57. The minimum Gasteiger partial charge on any atom is -0.336 e. The van der Waals surface area contributed by atoms with Gasteiger partial charge in [-0.25, -0.2) is 9.67 Å². The van der Waals surface area contributed by atoms with Crippen molar-refractivity contribution in [1.82, 2.24) is 19.7 Å². The molecule has 0 bridgehead atoms. The number of benzene rings is 2. The van der Waals surface area contributed by atoms with Crippen LogP contribution in [0.3, 0.4) is 0 Å². The molecule has 5 aromatic rings. The fraction of sp³-hybridized carbons (Fsp3) is 0.0800. The van der Waals surface area contributed by atoms with Gasteiger partial charge in [-0.1, -0.05) is 48.5 Å². The second kappa shape index (κ2) is 8.16. The molecule has 5 nitrogen and oxygen atoms in total. The average molecular weight is 425 g/mol. The molecule has 5 rings (SSSR count). The number of carbonyl (C=O) groups is 1. The molecule has 0 aliphatic rings. The van der Waals surface area contributed by atoms with Crippen molar-refractivity contribution in [2.45, 2.75) is 6.54 Å². The van der Waals surface area contributed by atoms with Gasteiger partial charge in [-0.3, -0.25) is 4.79 Å². The van der Waals surface area contributed by atoms with E-state index >= 15 is 0 Å². The smallest absolute Gasteiger partial charge is 0.272 e. The Labute approximate surface area is 184 Å². The van der Waals surface area contributed by atoms with Gasteiger partial charge in [0.25, 0.3) is 5.91 Å². The van der Waals surface area contributed by atoms with Crippen LogP contribution in [0.25, 0.3) is 27.2 Å². The lowest BCUT2D eigenvalue weighted by atomic mass is 10.2. The second-order valence-electron chi connectivity index (χ2n) is 7.31. The molecule has 0 aliphatic heterocycles. The third-order valence-electron chi connectivity index (χ3n) is 5.14. The van der Waals surface area contributed by atoms with E-state index in [1.165, 1.54) is 0 Å². The summed E-state index contributed by atoms with van der Waals surface area (Å²) in [6.45, 7) is 0.438. The molecule has 2 aromatic carbocycles. The zero-order chi connectivity index (χ0) is 21.2. The molecule has 0 unspecified atom stereocenters. The number of hydrogen-bond donors (Lipinski definition) is 0. The van der Waals surface area contributed by atoms with Crippen LogP contribution < -0.4 is 0 Å². The van der Waals surface area contributed by atoms with Crippen molar-refractivity contribution < 1.29 is 4.79 Å². The highest BCUT2D eigenvalue weighted by Gasteiger charge is 2.19. The second-order valence-corrected chi connectivity index (χ2v) is 8.26. The first-order valence-corrected chi connectivity index (χ1v) is 10.9. The van der Waals surface area contributed by atoms with Gasteiger partial charge in [0.1, 0.15) is 11.4 Å². The molecule has 1 amide bonds. The van der Waals surface area contributed by atoms with Gasteiger partial charge in [0.2, 0.25) is 0 Å². The van der Waals surface area contributed by atoms with E-state index in [1.54, 1.807) is 29.4 Å². The number of rotatable bonds is 5. The summed E-state index contributed by atoms with van der Waals surface area (Å²) in [4.78, 5) is 20.4. The van der Waals surface area contributed by atoms with E-state index in [1.807, 2.05) is 83.0 Å². The zero-order valence-corrected chi connectivity index (χ0v) is 17.8. The molecular formula is C25H20N4OS. The van der Waals surface area contributed by atoms with Gasteiger partial charge in [-0.05, 0) is 35.7 Å². The van der Waals surface area contributed by atoms with E-state index in [2.05, 4.69) is 11.1 Å². The van der Waals surface area contributed by atoms with Crippen molar-refractivity contribution in [3.63, 3.8) is 0 Å². The normalized spacial score (nSPS) is 11.0. The van der Waals surface area contributed by atoms with Crippen molar-refractivity contribution in [2.75, 3.05) is 7.05 Å². The largest absolute Gasteiger partial charge is 0.336 e. The fourth-order valence-corrected chi connectivity index (χ4v) is 4.31. The maximum absolute atomic E-state index is 13.1. The minimum absolute atomic E-state index is 0.115. The maximum Gasteiger partial charge on any atom is 0.272 e. The number of fused-ring (bicyclic) bond motifs is 1. The van der Waals surface area contributed by atoms with Gasteiger partial charge in [0, 0.05) is 30.7 Å². The van der Waals surface area contributed by atoms with E-state index in [9.17, 15) is 4.79 Å². The summed E-state index contributed by atoms with van der Waals surface area (Å²) in [5.74, 6) is -0.115. The van der Waals surface area contributed by atoms with Gasteiger partial charge in [-0.15, -0.1) is 11.3 Å². The summed E-state index contributed by atoms with van der Waals surface area (Å²) < 4.78 is 1.87. The Balaban J connectivity index is 1.46. The number of amides is 1. The van der Waals surface area contributed by atoms with Crippen LogP contribution in [0, 0.1) is 0 Å². The van der Waals surface area contributed by atoms with Crippen LogP contribution in [0.4, 0.5) is 0 Å². The van der Waals surface area contributed by atoms with Crippen LogP contribution in [0.1, 0.15) is 16.1 Å². The Kier molecular flexibility index (Phi) is 5.06. The third-order valence-corrected chi connectivity index (χ3v) is 6.01. The lowest BCUT2D eigenvalue weighted by molar-refractivity contribution is 0.0780. The number of thiophene rings is 1. The predicted molar refractivity (Wildman–Crippen MR) is 124 cm³/mol. The maximum atomic E-state index is 13.1. The zero-order valence-electron chi connectivity index (χ0n) is 17.0. The minimum atomic E-state index is -0.115. The summed E-state index contributed by atoms with van der Waals surface area (Å²) in [5.41, 5.74) is 4.12. The predicted octanol–water partition coefficient (Wildman–Crippen LogP) is 5.42. The Morgan fingerprint density at radius 1 is 0.968 bits per heavy atom. The van der Waals surface area contributed by atoms with Crippen molar-refractivity contribution in [3.8, 4) is 16.3 Å². The number of pyridine rings is 1. The Morgan fingerprint density at radius 3 is 2.58 bits per heavy atom. The number of aromatic nitrogens is 3. The quantitative estimate of drug-likeness (QED) is 0.378. The van der Waals surface area contributed by atoms with E-state index in [-0.39, 0.29) is 5.91 Å². The highest BCUT2D eigenvalue weighted by atomic mass is 32.1. The summed E-state index contributed by atoms with van der Waals surface area (Å²) in [6.07, 6.45) is 2.00. The van der Waals surface area contributed by atoms with E-state index in [4.69, 9.17) is 5.10 Å². The standard InChI is InChI=1S/C25H20N4OS/c1-28(25(30)22-14-13-18-8-5-6-11-21(18)26-22)16-19-17-29(20-9-3-2-4-10-20)27-24(19)23-12-7-15-31-23/h2-15,17H,16H2,1H3. The topological polar surface area (TPSA) is 51.0 Å². The number of carbonyl (C=O) groups excluding carboxylic acids is 1. The Hall–Kier alpha value is -3.77. The number of nitrogens with zero attached hydrogens (tertiary/aromatic N) is 4. The Morgan fingerprint density at radius 2 is 1.77 bits per heavy atom. The molecule has 0 saturated heterocycles. The molecule has 0 atom stereocenters. The van der Waals surface area contributed by atoms with Crippen molar-refractivity contribution in [3.05, 3.63) is 102 Å². The van der Waals surface area contributed by atoms with Crippen LogP contribution in [-0.2, 0) is 6.54 Å². The highest BCUT2D eigenvalue weighted by Crippen LogP contribution is 2.28. The summed E-state index contributed by atoms with van der Waals surface area (Å²) in [5, 5.41) is 7.88. The molecule has 3 aromatic heterocycles. The number of para-hydroxylation sites is 2. The molecule has 3 heterocycles. The highest BCUT2D eigenvalue weighted by molar-refractivity contribution is 7.13. The molecule has 0 spiro atoms. The molecule has 6 heteroatoms. The monoisotopic (exact) mass is 424 g/mol. The van der Waals surface area contributed by atoms with Crippen LogP contribution in [0.15, 0.2) is 90.4 Å². The van der Waals surface area contributed by atoms with Crippen molar-refractivity contribution in [1.29, 1.82) is 0 Å². The van der Waals surface area contributed by atoms with E-state index in [0.29, 0.717) is 12.2 Å². The molecule has 152 valence electrons. The SMILES string of the molecule is CN(Cc1cn(-c2ccccc2)nc1-c1cccs1)C(=O)c1ccc2ccccc2n1. The first-order chi connectivity index (χ1) is 15.2. The van der Waals surface area contributed by atoms with Crippen LogP contribution in [0.2, 0.25) is 0 Å². The van der Waals surface area contributed by atoms with Crippen molar-refractivity contribution in [2.24, 2.45) is 0 Å². The van der Waals surface area contributed by atoms with Gasteiger partial charge in [-0.2, -0.15) is 5.10 Å². The van der Waals surface area contributed by atoms with Crippen LogP contribution in [-0.4, -0.2) is 32.6 Å². The van der Waals surface area contributed by atoms with Crippen LogP contribution in [0.5, 0.6) is 0 Å². The summed E-state index contributed by atoms with van der Waals surface area (Å²) >= 11 is 1.64. The van der Waals surface area contributed by atoms with E-state index in [0.717, 1.165) is 32.7 Å². The van der Waals surface area contributed by atoms with Crippen molar-refractivity contribution >= 4 is 28.1 Å². The molecule has 0 aliphatic carbocycles. The lowest BCUT2D eigenvalue weighted by Crippen LogP contribution is -2.27. The first-order valence-electron chi connectivity index (χ1n) is 9.98. The molecule has 0 radical (unpaired) electrons. The number of hydrogen-bond acceptors (Lipinski definition) is 4. The molecule has 0 fully saturated rings. The van der Waals surface area contributed by atoms with Gasteiger partial charge in [0.15, 0.2) is 0 Å².